The average Bonchev–Trinajstić information content (AvgIpc) is 2.28. The van der Waals surface area contributed by atoms with E-state index in [-0.39, 0.29) is 5.82 Å². The minimum atomic E-state index is -0.266. The summed E-state index contributed by atoms with van der Waals surface area (Å²) in [7, 11) is 0. The van der Waals surface area contributed by atoms with Gasteiger partial charge in [0.2, 0.25) is 0 Å². The molecule has 1 aromatic carbocycles. The normalized spacial score (nSPS) is 12.2. The number of nitrogens with one attached hydrogen (secondary N) is 1. The van der Waals surface area contributed by atoms with Gasteiger partial charge < -0.3 is 10.1 Å². The smallest absolute Gasteiger partial charge is 0.145 e. The Bertz CT molecular complexity index is 328. The summed E-state index contributed by atoms with van der Waals surface area (Å²) in [4.78, 5) is 0. The van der Waals surface area contributed by atoms with E-state index in [0.717, 1.165) is 18.7 Å². The van der Waals surface area contributed by atoms with Crippen molar-refractivity contribution >= 4 is 5.69 Å². The van der Waals surface area contributed by atoms with E-state index in [0.29, 0.717) is 18.3 Å². The Labute approximate surface area is 96.8 Å². The minimum Gasteiger partial charge on any atom is -0.492 e. The third-order valence-electron chi connectivity index (χ3n) is 2.58. The van der Waals surface area contributed by atoms with E-state index in [9.17, 15) is 4.39 Å². The molecule has 0 aliphatic rings. The summed E-state index contributed by atoms with van der Waals surface area (Å²) in [5, 5.41) is 3.28. The van der Waals surface area contributed by atoms with Crippen LogP contribution >= 0.6 is 0 Å². The molecular weight excluding hydrogens is 205 g/mol. The zero-order chi connectivity index (χ0) is 12.0. The van der Waals surface area contributed by atoms with Crippen LogP contribution in [0.5, 0.6) is 5.75 Å². The van der Waals surface area contributed by atoms with Gasteiger partial charge in [0.25, 0.3) is 0 Å². The van der Waals surface area contributed by atoms with Crippen molar-refractivity contribution in [2.24, 2.45) is 5.92 Å². The molecule has 1 atom stereocenters. The molecule has 1 N–H and O–H groups in total. The van der Waals surface area contributed by atoms with Gasteiger partial charge >= 0.3 is 0 Å². The van der Waals surface area contributed by atoms with E-state index in [1.165, 1.54) is 12.1 Å². The molecule has 1 unspecified atom stereocenters. The van der Waals surface area contributed by atoms with E-state index >= 15 is 0 Å². The first-order chi connectivity index (χ1) is 7.67. The summed E-state index contributed by atoms with van der Waals surface area (Å²) < 4.78 is 18.4. The van der Waals surface area contributed by atoms with Gasteiger partial charge in [-0.2, -0.15) is 0 Å². The van der Waals surface area contributed by atoms with Gasteiger partial charge in [0, 0.05) is 12.6 Å². The van der Waals surface area contributed by atoms with Gasteiger partial charge in [-0.1, -0.05) is 20.3 Å². The highest BCUT2D eigenvalue weighted by atomic mass is 19.1. The molecule has 1 aromatic rings. The molecule has 0 amide bonds. The molecular formula is C13H20FNO. The fourth-order valence-electron chi connectivity index (χ4n) is 1.35. The Morgan fingerprint density at radius 3 is 2.75 bits per heavy atom. The summed E-state index contributed by atoms with van der Waals surface area (Å²) in [6, 6.07) is 4.59. The Hall–Kier alpha value is -1.25. The Morgan fingerprint density at radius 2 is 2.12 bits per heavy atom. The standard InChI is InChI=1S/C13H20FNO/c1-4-10(3)9-15-12-7-6-11(14)8-13(12)16-5-2/h6-8,10,15H,4-5,9H2,1-3H3. The molecule has 0 aromatic heterocycles. The minimum absolute atomic E-state index is 0.266. The number of hydrogen-bond acceptors (Lipinski definition) is 2. The van der Waals surface area contributed by atoms with Crippen molar-refractivity contribution in [3.05, 3.63) is 24.0 Å². The highest BCUT2D eigenvalue weighted by Gasteiger charge is 2.06. The number of hydrogen-bond donors (Lipinski definition) is 1. The second kappa shape index (κ2) is 6.36. The van der Waals surface area contributed by atoms with Crippen molar-refractivity contribution in [2.45, 2.75) is 27.2 Å². The van der Waals surface area contributed by atoms with Crippen molar-refractivity contribution < 1.29 is 9.13 Å². The summed E-state index contributed by atoms with van der Waals surface area (Å²) in [6.07, 6.45) is 1.12. The van der Waals surface area contributed by atoms with Crippen LogP contribution in [0.3, 0.4) is 0 Å². The number of rotatable bonds is 6. The van der Waals surface area contributed by atoms with Crippen LogP contribution in [0.15, 0.2) is 18.2 Å². The van der Waals surface area contributed by atoms with Crippen LogP contribution in [0.25, 0.3) is 0 Å². The molecule has 90 valence electrons. The lowest BCUT2D eigenvalue weighted by Gasteiger charge is -2.15. The summed E-state index contributed by atoms with van der Waals surface area (Å²) in [5.41, 5.74) is 0.864. The topological polar surface area (TPSA) is 21.3 Å². The van der Waals surface area contributed by atoms with Gasteiger partial charge in [-0.25, -0.2) is 4.39 Å². The molecule has 16 heavy (non-hydrogen) atoms. The van der Waals surface area contributed by atoms with Crippen molar-refractivity contribution in [3.63, 3.8) is 0 Å². The quantitative estimate of drug-likeness (QED) is 0.797. The molecule has 0 aliphatic carbocycles. The van der Waals surface area contributed by atoms with E-state index in [2.05, 4.69) is 19.2 Å². The van der Waals surface area contributed by atoms with Crippen LogP contribution in [-0.4, -0.2) is 13.2 Å². The SMILES string of the molecule is CCOc1cc(F)ccc1NCC(C)CC. The molecule has 0 saturated carbocycles. The molecule has 3 heteroatoms. The zero-order valence-corrected chi connectivity index (χ0v) is 10.2. The maximum Gasteiger partial charge on any atom is 0.145 e. The van der Waals surface area contributed by atoms with Crippen LogP contribution in [0.4, 0.5) is 10.1 Å². The third kappa shape index (κ3) is 3.72. The summed E-state index contributed by atoms with van der Waals surface area (Å²) >= 11 is 0. The Balaban J connectivity index is 2.70. The van der Waals surface area contributed by atoms with Gasteiger partial charge in [-0.05, 0) is 25.0 Å². The van der Waals surface area contributed by atoms with Crippen LogP contribution in [0, 0.1) is 11.7 Å². The molecule has 0 saturated heterocycles. The largest absolute Gasteiger partial charge is 0.492 e. The zero-order valence-electron chi connectivity index (χ0n) is 10.2. The maximum atomic E-state index is 13.0. The van der Waals surface area contributed by atoms with Gasteiger partial charge in [-0.15, -0.1) is 0 Å². The van der Waals surface area contributed by atoms with Gasteiger partial charge in [0.15, 0.2) is 0 Å². The fourth-order valence-corrected chi connectivity index (χ4v) is 1.35. The maximum absolute atomic E-state index is 13.0. The average molecular weight is 225 g/mol. The van der Waals surface area contributed by atoms with Gasteiger partial charge in [0.1, 0.15) is 11.6 Å². The first-order valence-corrected chi connectivity index (χ1v) is 5.83. The predicted molar refractivity (Wildman–Crippen MR) is 65.5 cm³/mol. The molecule has 2 nitrogen and oxygen atoms in total. The van der Waals surface area contributed by atoms with Crippen molar-refractivity contribution in [1.82, 2.24) is 0 Å². The van der Waals surface area contributed by atoms with E-state index in [1.54, 1.807) is 6.07 Å². The van der Waals surface area contributed by atoms with Crippen molar-refractivity contribution in [1.29, 1.82) is 0 Å². The molecule has 0 spiro atoms. The molecule has 0 aliphatic heterocycles. The summed E-state index contributed by atoms with van der Waals surface area (Å²) in [5.74, 6) is 0.919. The van der Waals surface area contributed by atoms with Crippen LogP contribution in [0.2, 0.25) is 0 Å². The Kier molecular flexibility index (Phi) is 5.09. The van der Waals surface area contributed by atoms with Gasteiger partial charge in [0.05, 0.1) is 12.3 Å². The molecule has 0 bridgehead atoms. The molecule has 0 radical (unpaired) electrons. The van der Waals surface area contributed by atoms with Crippen molar-refractivity contribution in [3.8, 4) is 5.75 Å². The molecule has 0 fully saturated rings. The van der Waals surface area contributed by atoms with E-state index in [1.807, 2.05) is 6.92 Å². The number of anilines is 1. The molecule has 0 heterocycles. The number of halogens is 1. The first-order valence-electron chi connectivity index (χ1n) is 5.83. The van der Waals surface area contributed by atoms with E-state index < -0.39 is 0 Å². The van der Waals surface area contributed by atoms with Crippen LogP contribution in [-0.2, 0) is 0 Å². The second-order valence-corrected chi connectivity index (χ2v) is 3.97. The van der Waals surface area contributed by atoms with Gasteiger partial charge in [-0.3, -0.25) is 0 Å². The highest BCUT2D eigenvalue weighted by Crippen LogP contribution is 2.25. The lowest BCUT2D eigenvalue weighted by molar-refractivity contribution is 0.339. The number of ether oxygens (including phenoxy) is 1. The lowest BCUT2D eigenvalue weighted by Crippen LogP contribution is -2.11. The fraction of sp³-hybridized carbons (Fsp3) is 0.538. The van der Waals surface area contributed by atoms with E-state index in [4.69, 9.17) is 4.74 Å². The lowest BCUT2D eigenvalue weighted by atomic mass is 10.1. The van der Waals surface area contributed by atoms with Crippen LogP contribution < -0.4 is 10.1 Å². The summed E-state index contributed by atoms with van der Waals surface area (Å²) in [6.45, 7) is 7.64. The second-order valence-electron chi connectivity index (χ2n) is 3.97. The van der Waals surface area contributed by atoms with Crippen molar-refractivity contribution in [2.75, 3.05) is 18.5 Å². The first kappa shape index (κ1) is 12.8. The molecule has 1 rings (SSSR count). The third-order valence-corrected chi connectivity index (χ3v) is 2.58. The highest BCUT2D eigenvalue weighted by molar-refractivity contribution is 5.56. The number of benzene rings is 1. The van der Waals surface area contributed by atoms with Crippen LogP contribution in [0.1, 0.15) is 27.2 Å². The monoisotopic (exact) mass is 225 g/mol. The predicted octanol–water partition coefficient (Wildman–Crippen LogP) is 3.68. The Morgan fingerprint density at radius 1 is 1.38 bits per heavy atom.